The number of carbonyl (C=O) groups is 1. The second kappa shape index (κ2) is 8.95. The molecule has 3 rings (SSSR count). The van der Waals surface area contributed by atoms with Crippen LogP contribution < -0.4 is 14.4 Å². The Kier molecular flexibility index (Phi) is 6.36. The van der Waals surface area contributed by atoms with E-state index in [4.69, 9.17) is 9.26 Å². The molecule has 1 N–H and O–H groups in total. The van der Waals surface area contributed by atoms with Crippen LogP contribution in [0, 0.1) is 0 Å². The van der Waals surface area contributed by atoms with Gasteiger partial charge in [0, 0.05) is 12.6 Å². The van der Waals surface area contributed by atoms with E-state index in [9.17, 15) is 13.2 Å². The van der Waals surface area contributed by atoms with E-state index in [1.807, 2.05) is 30.3 Å². The summed E-state index contributed by atoms with van der Waals surface area (Å²) >= 11 is 0. The zero-order valence-electron chi connectivity index (χ0n) is 16.8. The largest absolute Gasteiger partial charge is 0.481 e. The molecule has 0 radical (unpaired) electrons. The highest BCUT2D eigenvalue weighted by Gasteiger charge is 2.17. The van der Waals surface area contributed by atoms with Crippen molar-refractivity contribution < 1.29 is 22.5 Å². The molecule has 0 bridgehead atoms. The number of ether oxygens (including phenoxy) is 1. The van der Waals surface area contributed by atoms with Gasteiger partial charge in [-0.15, -0.1) is 0 Å². The maximum absolute atomic E-state index is 12.3. The SMILES string of the molecule is C[C@@H](Oc1ccc(N(C)S(C)(=O)=O)cc1)C(=O)NCc1nc(-c2ccccc2)no1. The first-order valence-electron chi connectivity index (χ1n) is 9.10. The number of nitrogens with zero attached hydrogens (tertiary/aromatic N) is 3. The van der Waals surface area contributed by atoms with Crippen molar-refractivity contribution in [2.45, 2.75) is 19.6 Å². The molecule has 0 aliphatic heterocycles. The molecule has 0 saturated heterocycles. The van der Waals surface area contributed by atoms with Crippen molar-refractivity contribution in [2.24, 2.45) is 0 Å². The van der Waals surface area contributed by atoms with Crippen molar-refractivity contribution in [3.05, 3.63) is 60.5 Å². The number of sulfonamides is 1. The average Bonchev–Trinajstić information content (AvgIpc) is 3.21. The Bertz CT molecular complexity index is 1100. The van der Waals surface area contributed by atoms with Crippen LogP contribution >= 0.6 is 0 Å². The van der Waals surface area contributed by atoms with E-state index in [-0.39, 0.29) is 18.3 Å². The molecule has 0 spiro atoms. The molecule has 0 fully saturated rings. The number of amides is 1. The third-order valence-electron chi connectivity index (χ3n) is 4.29. The molecule has 0 aliphatic rings. The number of benzene rings is 2. The van der Waals surface area contributed by atoms with Crippen LogP contribution in [0.15, 0.2) is 59.1 Å². The summed E-state index contributed by atoms with van der Waals surface area (Å²) < 4.78 is 35.1. The van der Waals surface area contributed by atoms with Crippen LogP contribution in [0.5, 0.6) is 5.75 Å². The molecule has 1 heterocycles. The van der Waals surface area contributed by atoms with Gasteiger partial charge < -0.3 is 14.6 Å². The van der Waals surface area contributed by atoms with Crippen molar-refractivity contribution in [3.63, 3.8) is 0 Å². The molecule has 2 aromatic carbocycles. The fourth-order valence-corrected chi connectivity index (χ4v) is 3.03. The summed E-state index contributed by atoms with van der Waals surface area (Å²) in [4.78, 5) is 16.5. The van der Waals surface area contributed by atoms with Gasteiger partial charge in [-0.05, 0) is 31.2 Å². The molecular formula is C20H22N4O5S. The summed E-state index contributed by atoms with van der Waals surface area (Å²) in [5, 5.41) is 6.59. The number of aromatic nitrogens is 2. The molecule has 158 valence electrons. The van der Waals surface area contributed by atoms with Crippen LogP contribution in [0.2, 0.25) is 0 Å². The minimum atomic E-state index is -3.35. The van der Waals surface area contributed by atoms with Crippen LogP contribution in [0.25, 0.3) is 11.4 Å². The van der Waals surface area contributed by atoms with Crippen molar-refractivity contribution >= 4 is 21.6 Å². The Morgan fingerprint density at radius 1 is 1.17 bits per heavy atom. The molecule has 10 heteroatoms. The van der Waals surface area contributed by atoms with E-state index < -0.39 is 16.1 Å². The summed E-state index contributed by atoms with van der Waals surface area (Å²) in [5.41, 5.74) is 1.31. The average molecular weight is 430 g/mol. The minimum Gasteiger partial charge on any atom is -0.481 e. The van der Waals surface area contributed by atoms with Gasteiger partial charge >= 0.3 is 0 Å². The molecule has 0 saturated carbocycles. The highest BCUT2D eigenvalue weighted by Crippen LogP contribution is 2.21. The Labute approximate surface area is 174 Å². The predicted molar refractivity (Wildman–Crippen MR) is 111 cm³/mol. The van der Waals surface area contributed by atoms with Gasteiger partial charge in [0.25, 0.3) is 5.91 Å². The van der Waals surface area contributed by atoms with Crippen LogP contribution in [-0.2, 0) is 21.4 Å². The summed E-state index contributed by atoms with van der Waals surface area (Å²) in [6.45, 7) is 1.68. The van der Waals surface area contributed by atoms with E-state index in [2.05, 4.69) is 15.5 Å². The highest BCUT2D eigenvalue weighted by atomic mass is 32.2. The zero-order valence-corrected chi connectivity index (χ0v) is 17.6. The maximum Gasteiger partial charge on any atom is 0.261 e. The first kappa shape index (κ1) is 21.3. The van der Waals surface area contributed by atoms with Gasteiger partial charge in [0.05, 0.1) is 18.5 Å². The van der Waals surface area contributed by atoms with E-state index >= 15 is 0 Å². The molecule has 1 atom stereocenters. The predicted octanol–water partition coefficient (Wildman–Crippen LogP) is 2.22. The molecule has 1 aromatic heterocycles. The van der Waals surface area contributed by atoms with Crippen LogP contribution in [0.1, 0.15) is 12.8 Å². The molecule has 0 unspecified atom stereocenters. The van der Waals surface area contributed by atoms with Crippen molar-refractivity contribution in [1.82, 2.24) is 15.5 Å². The van der Waals surface area contributed by atoms with Crippen LogP contribution in [0.3, 0.4) is 0 Å². The quantitative estimate of drug-likeness (QED) is 0.583. The number of hydrogen-bond donors (Lipinski definition) is 1. The smallest absolute Gasteiger partial charge is 0.261 e. The van der Waals surface area contributed by atoms with Crippen molar-refractivity contribution in [1.29, 1.82) is 0 Å². The van der Waals surface area contributed by atoms with E-state index in [0.717, 1.165) is 16.1 Å². The lowest BCUT2D eigenvalue weighted by atomic mass is 10.2. The minimum absolute atomic E-state index is 0.0739. The summed E-state index contributed by atoms with van der Waals surface area (Å²) in [5.74, 6) is 0.810. The Hall–Kier alpha value is -3.40. The first-order chi connectivity index (χ1) is 14.2. The van der Waals surface area contributed by atoms with Crippen LogP contribution in [0.4, 0.5) is 5.69 Å². The molecule has 1 amide bonds. The molecule has 30 heavy (non-hydrogen) atoms. The van der Waals surface area contributed by atoms with Gasteiger partial charge in [-0.3, -0.25) is 9.10 Å². The standard InChI is InChI=1S/C20H22N4O5S/c1-14(28-17-11-9-16(10-12-17)24(2)30(3,26)27)20(25)21-13-18-22-19(23-29-18)15-7-5-4-6-8-15/h4-12,14H,13H2,1-3H3,(H,21,25)/t14-/m1/s1. The first-order valence-corrected chi connectivity index (χ1v) is 10.9. The second-order valence-corrected chi connectivity index (χ2v) is 8.59. The fourth-order valence-electron chi connectivity index (χ4n) is 2.52. The lowest BCUT2D eigenvalue weighted by Crippen LogP contribution is -2.36. The van der Waals surface area contributed by atoms with E-state index in [0.29, 0.717) is 17.3 Å². The molecule has 0 aliphatic carbocycles. The van der Waals surface area contributed by atoms with Gasteiger partial charge in [-0.1, -0.05) is 35.5 Å². The second-order valence-electron chi connectivity index (χ2n) is 6.58. The third kappa shape index (κ3) is 5.35. The molecule has 3 aromatic rings. The summed E-state index contributed by atoms with van der Waals surface area (Å²) in [6, 6.07) is 15.8. The van der Waals surface area contributed by atoms with Gasteiger partial charge in [-0.2, -0.15) is 4.98 Å². The van der Waals surface area contributed by atoms with Gasteiger partial charge in [0.1, 0.15) is 5.75 Å². The molecule has 9 nitrogen and oxygen atoms in total. The maximum atomic E-state index is 12.3. The van der Waals surface area contributed by atoms with E-state index in [1.165, 1.54) is 7.05 Å². The lowest BCUT2D eigenvalue weighted by Gasteiger charge is -2.18. The monoisotopic (exact) mass is 430 g/mol. The topological polar surface area (TPSA) is 115 Å². The van der Waals surface area contributed by atoms with Crippen molar-refractivity contribution in [2.75, 3.05) is 17.6 Å². The lowest BCUT2D eigenvalue weighted by molar-refractivity contribution is -0.127. The Morgan fingerprint density at radius 3 is 2.47 bits per heavy atom. The number of nitrogens with one attached hydrogen (secondary N) is 1. The Balaban J connectivity index is 1.53. The van der Waals surface area contributed by atoms with Gasteiger partial charge in [-0.25, -0.2) is 8.42 Å². The molecular weight excluding hydrogens is 408 g/mol. The zero-order chi connectivity index (χ0) is 21.7. The van der Waals surface area contributed by atoms with Crippen molar-refractivity contribution in [3.8, 4) is 17.1 Å². The Morgan fingerprint density at radius 2 is 1.83 bits per heavy atom. The van der Waals surface area contributed by atoms with Crippen LogP contribution in [-0.4, -0.2) is 43.9 Å². The van der Waals surface area contributed by atoms with E-state index in [1.54, 1.807) is 31.2 Å². The van der Waals surface area contributed by atoms with Gasteiger partial charge in [0.2, 0.25) is 21.7 Å². The number of rotatable bonds is 8. The highest BCUT2D eigenvalue weighted by molar-refractivity contribution is 7.92. The number of carbonyl (C=O) groups excluding carboxylic acids is 1. The fraction of sp³-hybridized carbons (Fsp3) is 0.250. The summed E-state index contributed by atoms with van der Waals surface area (Å²) in [7, 11) is -1.89. The third-order valence-corrected chi connectivity index (χ3v) is 5.50. The number of hydrogen-bond acceptors (Lipinski definition) is 7. The normalized spacial score (nSPS) is 12.2. The van der Waals surface area contributed by atoms with Gasteiger partial charge in [0.15, 0.2) is 6.10 Å². The number of anilines is 1. The summed E-state index contributed by atoms with van der Waals surface area (Å²) in [6.07, 6.45) is 0.343.